The molecule has 1 aliphatic rings. The molecule has 2 aromatic heterocycles. The van der Waals surface area contributed by atoms with Crippen molar-refractivity contribution >= 4 is 17.1 Å². The van der Waals surface area contributed by atoms with Crippen molar-refractivity contribution in [1.29, 1.82) is 0 Å². The minimum atomic E-state index is -0.0404. The first-order chi connectivity index (χ1) is 14.2. The number of amides is 1. The highest BCUT2D eigenvalue weighted by molar-refractivity contribution is 5.76. The van der Waals surface area contributed by atoms with Gasteiger partial charge in [0.05, 0.1) is 25.3 Å². The van der Waals surface area contributed by atoms with E-state index in [1.54, 1.807) is 12.4 Å². The molecule has 0 bridgehead atoms. The number of ether oxygens (including phenoxy) is 1. The van der Waals surface area contributed by atoms with Crippen LogP contribution in [-0.2, 0) is 11.3 Å². The maximum Gasteiger partial charge on any atom is 0.223 e. The van der Waals surface area contributed by atoms with Crippen LogP contribution < -0.4 is 15.4 Å². The standard InChI is InChI=1S/C21H26N6O2/c1-15-4-2-3-5-17(15)29-13-7-18(28)23-11-12-27-21-20(24-9-10-25-21)19(26-27)16-6-8-22-14-16/h2-5,9-10,16,22H,6-8,11-14H2,1H3,(H,23,28)/t16-/m0/s1. The molecule has 0 radical (unpaired) electrons. The average Bonchev–Trinajstić information content (AvgIpc) is 3.38. The van der Waals surface area contributed by atoms with Crippen LogP contribution in [-0.4, -0.2) is 51.9 Å². The summed E-state index contributed by atoms with van der Waals surface area (Å²) in [5.41, 5.74) is 3.69. The van der Waals surface area contributed by atoms with Crippen molar-refractivity contribution in [2.45, 2.75) is 32.2 Å². The van der Waals surface area contributed by atoms with Gasteiger partial charge in [0.25, 0.3) is 0 Å². The van der Waals surface area contributed by atoms with Crippen molar-refractivity contribution in [1.82, 2.24) is 30.4 Å². The molecule has 1 amide bonds. The Hall–Kier alpha value is -3.00. The van der Waals surface area contributed by atoms with Gasteiger partial charge in [0.1, 0.15) is 11.3 Å². The molecule has 2 N–H and O–H groups in total. The Morgan fingerprint density at radius 1 is 1.31 bits per heavy atom. The van der Waals surface area contributed by atoms with Crippen LogP contribution in [0.2, 0.25) is 0 Å². The summed E-state index contributed by atoms with van der Waals surface area (Å²) in [4.78, 5) is 21.1. The Labute approximate surface area is 169 Å². The lowest BCUT2D eigenvalue weighted by molar-refractivity contribution is -0.121. The van der Waals surface area contributed by atoms with Crippen molar-refractivity contribution in [3.05, 3.63) is 47.9 Å². The zero-order chi connectivity index (χ0) is 20.1. The Balaban J connectivity index is 1.29. The van der Waals surface area contributed by atoms with Gasteiger partial charge in [-0.25, -0.2) is 14.6 Å². The predicted octanol–water partition coefficient (Wildman–Crippen LogP) is 1.80. The van der Waals surface area contributed by atoms with E-state index in [9.17, 15) is 4.79 Å². The van der Waals surface area contributed by atoms with Crippen molar-refractivity contribution in [2.75, 3.05) is 26.2 Å². The Morgan fingerprint density at radius 2 is 2.17 bits per heavy atom. The zero-order valence-corrected chi connectivity index (χ0v) is 16.6. The summed E-state index contributed by atoms with van der Waals surface area (Å²) in [7, 11) is 0. The van der Waals surface area contributed by atoms with Gasteiger partial charge in [0.15, 0.2) is 5.65 Å². The number of hydrogen-bond acceptors (Lipinski definition) is 6. The van der Waals surface area contributed by atoms with Gasteiger partial charge >= 0.3 is 0 Å². The molecule has 0 unspecified atom stereocenters. The smallest absolute Gasteiger partial charge is 0.223 e. The van der Waals surface area contributed by atoms with E-state index in [1.165, 1.54) is 0 Å². The van der Waals surface area contributed by atoms with Crippen LogP contribution in [0.3, 0.4) is 0 Å². The first-order valence-corrected chi connectivity index (χ1v) is 10.1. The van der Waals surface area contributed by atoms with E-state index in [-0.39, 0.29) is 5.91 Å². The second kappa shape index (κ2) is 9.00. The molecule has 0 spiro atoms. The molecule has 8 nitrogen and oxygen atoms in total. The fraction of sp³-hybridized carbons (Fsp3) is 0.429. The number of carbonyl (C=O) groups is 1. The molecule has 1 fully saturated rings. The number of hydrogen-bond donors (Lipinski definition) is 2. The number of carbonyl (C=O) groups excluding carboxylic acids is 1. The quantitative estimate of drug-likeness (QED) is 0.605. The van der Waals surface area contributed by atoms with E-state index in [0.29, 0.717) is 32.0 Å². The molecule has 1 aliphatic heterocycles. The molecule has 152 valence electrons. The van der Waals surface area contributed by atoms with Crippen LogP contribution in [0.25, 0.3) is 11.2 Å². The lowest BCUT2D eigenvalue weighted by Gasteiger charge is -2.09. The molecular weight excluding hydrogens is 368 g/mol. The topological polar surface area (TPSA) is 94.0 Å². The highest BCUT2D eigenvalue weighted by Crippen LogP contribution is 2.26. The molecule has 1 atom stereocenters. The number of aryl methyl sites for hydroxylation is 1. The molecule has 8 heteroatoms. The first-order valence-electron chi connectivity index (χ1n) is 10.1. The summed E-state index contributed by atoms with van der Waals surface area (Å²) in [5.74, 6) is 1.14. The lowest BCUT2D eigenvalue weighted by Crippen LogP contribution is -2.28. The predicted molar refractivity (Wildman–Crippen MR) is 110 cm³/mol. The number of nitrogens with one attached hydrogen (secondary N) is 2. The molecular formula is C21H26N6O2. The van der Waals surface area contributed by atoms with Gasteiger partial charge in [-0.1, -0.05) is 18.2 Å². The molecule has 3 heterocycles. The van der Waals surface area contributed by atoms with Gasteiger partial charge in [-0.05, 0) is 31.5 Å². The Kier molecular flexibility index (Phi) is 6.00. The van der Waals surface area contributed by atoms with Crippen molar-refractivity contribution in [2.24, 2.45) is 0 Å². The molecule has 4 rings (SSSR count). The van der Waals surface area contributed by atoms with Gasteiger partial charge in [0, 0.05) is 31.4 Å². The fourth-order valence-corrected chi connectivity index (χ4v) is 3.61. The van der Waals surface area contributed by atoms with Gasteiger partial charge in [-0.15, -0.1) is 0 Å². The third kappa shape index (κ3) is 4.54. The van der Waals surface area contributed by atoms with E-state index in [0.717, 1.165) is 47.7 Å². The van der Waals surface area contributed by atoms with Crippen LogP contribution >= 0.6 is 0 Å². The number of aromatic nitrogens is 4. The molecule has 3 aromatic rings. The number of nitrogens with zero attached hydrogens (tertiary/aromatic N) is 4. The number of benzene rings is 1. The van der Waals surface area contributed by atoms with Crippen LogP contribution in [0, 0.1) is 6.92 Å². The van der Waals surface area contributed by atoms with E-state index < -0.39 is 0 Å². The summed E-state index contributed by atoms with van der Waals surface area (Å²) >= 11 is 0. The Bertz CT molecular complexity index is 980. The van der Waals surface area contributed by atoms with Crippen molar-refractivity contribution < 1.29 is 9.53 Å². The second-order valence-corrected chi connectivity index (χ2v) is 7.24. The minimum absolute atomic E-state index is 0.0404. The van der Waals surface area contributed by atoms with E-state index in [4.69, 9.17) is 9.84 Å². The maximum atomic E-state index is 12.1. The molecule has 29 heavy (non-hydrogen) atoms. The maximum absolute atomic E-state index is 12.1. The summed E-state index contributed by atoms with van der Waals surface area (Å²) < 4.78 is 7.53. The van der Waals surface area contributed by atoms with Gasteiger partial charge in [-0.3, -0.25) is 4.79 Å². The lowest BCUT2D eigenvalue weighted by atomic mass is 10.0. The van der Waals surface area contributed by atoms with E-state index in [2.05, 4.69) is 20.6 Å². The highest BCUT2D eigenvalue weighted by atomic mass is 16.5. The summed E-state index contributed by atoms with van der Waals surface area (Å²) in [5, 5.41) is 11.1. The number of rotatable bonds is 8. The molecule has 0 aliphatic carbocycles. The molecule has 1 aromatic carbocycles. The SMILES string of the molecule is Cc1ccccc1OCCC(=O)NCCn1nc([C@H]2CCNC2)c2nccnc21. The largest absolute Gasteiger partial charge is 0.493 e. The summed E-state index contributed by atoms with van der Waals surface area (Å²) in [6.45, 7) is 5.30. The average molecular weight is 394 g/mol. The number of para-hydroxylation sites is 1. The highest BCUT2D eigenvalue weighted by Gasteiger charge is 2.24. The Morgan fingerprint density at radius 3 is 3.00 bits per heavy atom. The third-order valence-electron chi connectivity index (χ3n) is 5.17. The van der Waals surface area contributed by atoms with Crippen molar-refractivity contribution in [3.8, 4) is 5.75 Å². The van der Waals surface area contributed by atoms with Crippen LogP contribution in [0.1, 0.15) is 30.0 Å². The number of fused-ring (bicyclic) bond motifs is 1. The van der Waals surface area contributed by atoms with E-state index >= 15 is 0 Å². The van der Waals surface area contributed by atoms with E-state index in [1.807, 2.05) is 35.9 Å². The molecule has 0 saturated carbocycles. The van der Waals surface area contributed by atoms with Gasteiger partial charge in [-0.2, -0.15) is 5.10 Å². The minimum Gasteiger partial charge on any atom is -0.493 e. The van der Waals surface area contributed by atoms with Gasteiger partial charge in [0.2, 0.25) is 5.91 Å². The summed E-state index contributed by atoms with van der Waals surface area (Å²) in [6.07, 6.45) is 4.75. The second-order valence-electron chi connectivity index (χ2n) is 7.24. The fourth-order valence-electron chi connectivity index (χ4n) is 3.61. The van der Waals surface area contributed by atoms with Crippen LogP contribution in [0.5, 0.6) is 5.75 Å². The van der Waals surface area contributed by atoms with Crippen LogP contribution in [0.4, 0.5) is 0 Å². The monoisotopic (exact) mass is 394 g/mol. The first kappa shape index (κ1) is 19.3. The normalized spacial score (nSPS) is 16.2. The third-order valence-corrected chi connectivity index (χ3v) is 5.17. The van der Waals surface area contributed by atoms with Crippen molar-refractivity contribution in [3.63, 3.8) is 0 Å². The molecule has 1 saturated heterocycles. The van der Waals surface area contributed by atoms with Crippen LogP contribution in [0.15, 0.2) is 36.7 Å². The summed E-state index contributed by atoms with van der Waals surface area (Å²) in [6, 6.07) is 7.79. The van der Waals surface area contributed by atoms with Gasteiger partial charge < -0.3 is 15.4 Å². The zero-order valence-electron chi connectivity index (χ0n) is 16.6.